The van der Waals surface area contributed by atoms with Crippen molar-refractivity contribution >= 4 is 0 Å². The summed E-state index contributed by atoms with van der Waals surface area (Å²) in [5, 5.41) is 0. The predicted octanol–water partition coefficient (Wildman–Crippen LogP) is 4.19. The van der Waals surface area contributed by atoms with E-state index in [1.807, 2.05) is 30.5 Å². The molecule has 0 aliphatic rings. The zero-order valence-electron chi connectivity index (χ0n) is 14.0. The second-order valence-electron chi connectivity index (χ2n) is 5.72. The molecular weight excluding hydrogens is 300 g/mol. The van der Waals surface area contributed by atoms with Gasteiger partial charge in [-0.1, -0.05) is 24.3 Å². The van der Waals surface area contributed by atoms with Crippen molar-refractivity contribution in [1.29, 1.82) is 0 Å². The third kappa shape index (κ3) is 3.77. The number of ether oxygens (including phenoxy) is 2. The normalized spacial score (nSPS) is 10.8. The van der Waals surface area contributed by atoms with Gasteiger partial charge in [-0.05, 0) is 48.2 Å². The fourth-order valence-electron chi connectivity index (χ4n) is 2.96. The van der Waals surface area contributed by atoms with Crippen molar-refractivity contribution in [2.45, 2.75) is 18.8 Å². The molecule has 4 nitrogen and oxygen atoms in total. The first-order valence-corrected chi connectivity index (χ1v) is 8.05. The minimum atomic E-state index is 0.262. The molecule has 2 aromatic carbocycles. The smallest absolute Gasteiger partial charge is 0.119 e. The number of hydrogen-bond acceptors (Lipinski definition) is 3. The number of H-pyrrole nitrogens is 1. The minimum Gasteiger partial charge on any atom is -0.497 e. The quantitative estimate of drug-likeness (QED) is 0.709. The lowest BCUT2D eigenvalue weighted by molar-refractivity contribution is 0.413. The van der Waals surface area contributed by atoms with E-state index in [-0.39, 0.29) is 5.92 Å². The molecule has 0 amide bonds. The molecule has 3 rings (SSSR count). The van der Waals surface area contributed by atoms with Crippen molar-refractivity contribution in [3.8, 4) is 11.5 Å². The molecule has 0 saturated heterocycles. The van der Waals surface area contributed by atoms with E-state index in [1.54, 1.807) is 20.5 Å². The number of rotatable bonds is 7. The van der Waals surface area contributed by atoms with Gasteiger partial charge in [0.15, 0.2) is 0 Å². The van der Waals surface area contributed by atoms with E-state index < -0.39 is 0 Å². The zero-order valence-corrected chi connectivity index (χ0v) is 14.0. The fourth-order valence-corrected chi connectivity index (χ4v) is 2.96. The van der Waals surface area contributed by atoms with Crippen LogP contribution in [0, 0.1) is 0 Å². The van der Waals surface area contributed by atoms with E-state index in [4.69, 9.17) is 9.47 Å². The highest BCUT2D eigenvalue weighted by Gasteiger charge is 2.16. The molecule has 4 heteroatoms. The minimum absolute atomic E-state index is 0.262. The number of aromatic amines is 1. The summed E-state index contributed by atoms with van der Waals surface area (Å²) < 4.78 is 10.8. The van der Waals surface area contributed by atoms with Crippen LogP contribution in [0.5, 0.6) is 11.5 Å². The van der Waals surface area contributed by atoms with Gasteiger partial charge in [0.25, 0.3) is 0 Å². The molecular formula is C20H22N2O2. The average molecular weight is 322 g/mol. The van der Waals surface area contributed by atoms with Crippen LogP contribution in [0.3, 0.4) is 0 Å². The maximum absolute atomic E-state index is 5.40. The van der Waals surface area contributed by atoms with E-state index in [9.17, 15) is 0 Å². The summed E-state index contributed by atoms with van der Waals surface area (Å²) in [6.07, 6.45) is 5.51. The maximum Gasteiger partial charge on any atom is 0.119 e. The Morgan fingerprint density at radius 2 is 1.58 bits per heavy atom. The van der Waals surface area contributed by atoms with Gasteiger partial charge in [0.1, 0.15) is 11.5 Å². The number of nitrogens with zero attached hydrogens (tertiary/aromatic N) is 1. The number of hydrogen-bond donors (Lipinski definition) is 1. The predicted molar refractivity (Wildman–Crippen MR) is 94.7 cm³/mol. The summed E-state index contributed by atoms with van der Waals surface area (Å²) in [7, 11) is 3.40. The number of methoxy groups -OCH3 is 2. The number of imidazole rings is 1. The van der Waals surface area contributed by atoms with Gasteiger partial charge in [0.2, 0.25) is 0 Å². The molecule has 0 atom stereocenters. The Balaban J connectivity index is 1.92. The molecule has 0 unspecified atom stereocenters. The number of benzene rings is 2. The highest BCUT2D eigenvalue weighted by Crippen LogP contribution is 2.32. The highest BCUT2D eigenvalue weighted by molar-refractivity contribution is 5.40. The van der Waals surface area contributed by atoms with Crippen molar-refractivity contribution in [3.05, 3.63) is 77.9 Å². The number of aryl methyl sites for hydroxylation is 1. The Hall–Kier alpha value is -2.75. The second-order valence-corrected chi connectivity index (χ2v) is 5.72. The van der Waals surface area contributed by atoms with Crippen molar-refractivity contribution in [2.75, 3.05) is 14.2 Å². The molecule has 0 aliphatic heterocycles. The number of aromatic nitrogens is 2. The molecule has 0 spiro atoms. The average Bonchev–Trinajstić information content (AvgIpc) is 3.16. The van der Waals surface area contributed by atoms with Gasteiger partial charge in [0.05, 0.1) is 20.5 Å². The van der Waals surface area contributed by atoms with Crippen LogP contribution in [0.2, 0.25) is 0 Å². The van der Waals surface area contributed by atoms with Crippen LogP contribution >= 0.6 is 0 Å². The van der Waals surface area contributed by atoms with E-state index in [0.717, 1.165) is 30.0 Å². The topological polar surface area (TPSA) is 47.1 Å². The van der Waals surface area contributed by atoms with Gasteiger partial charge in [-0.3, -0.25) is 0 Å². The van der Waals surface area contributed by atoms with E-state index >= 15 is 0 Å². The van der Waals surface area contributed by atoms with Crippen molar-refractivity contribution in [1.82, 2.24) is 9.97 Å². The Kier molecular flexibility index (Phi) is 5.16. The lowest BCUT2D eigenvalue weighted by Crippen LogP contribution is -2.04. The molecule has 0 radical (unpaired) electrons. The molecule has 124 valence electrons. The molecule has 0 bridgehead atoms. The standard InChI is InChI=1S/C20H22N2O2/c1-23-18-7-3-5-15(11-18)20(10-9-17-13-21-14-22-17)16-6-4-8-19(12-16)24-2/h3-8,11-14,20H,9-10H2,1-2H3,(H,21,22). The van der Waals surface area contributed by atoms with Gasteiger partial charge >= 0.3 is 0 Å². The van der Waals surface area contributed by atoms with Gasteiger partial charge in [0, 0.05) is 17.8 Å². The van der Waals surface area contributed by atoms with Crippen LogP contribution < -0.4 is 9.47 Å². The summed E-state index contributed by atoms with van der Waals surface area (Å²) >= 11 is 0. The molecule has 0 saturated carbocycles. The third-order valence-electron chi connectivity index (χ3n) is 4.25. The molecule has 1 N–H and O–H groups in total. The first-order chi connectivity index (χ1) is 11.8. The Labute approximate surface area is 142 Å². The van der Waals surface area contributed by atoms with Gasteiger partial charge in [-0.15, -0.1) is 0 Å². The Bertz CT molecular complexity index is 721. The summed E-state index contributed by atoms with van der Waals surface area (Å²) in [6.45, 7) is 0. The van der Waals surface area contributed by atoms with E-state index in [0.29, 0.717) is 0 Å². The molecule has 1 heterocycles. The summed E-state index contributed by atoms with van der Waals surface area (Å²) in [5.74, 6) is 2.02. The van der Waals surface area contributed by atoms with Crippen molar-refractivity contribution in [2.24, 2.45) is 0 Å². The van der Waals surface area contributed by atoms with Crippen LogP contribution in [0.25, 0.3) is 0 Å². The Morgan fingerprint density at radius 1 is 0.958 bits per heavy atom. The van der Waals surface area contributed by atoms with Gasteiger partial charge in [-0.25, -0.2) is 4.98 Å². The molecule has 0 aliphatic carbocycles. The van der Waals surface area contributed by atoms with E-state index in [2.05, 4.69) is 34.2 Å². The molecule has 1 aromatic heterocycles. The maximum atomic E-state index is 5.40. The summed E-state index contributed by atoms with van der Waals surface area (Å²) in [4.78, 5) is 7.28. The first-order valence-electron chi connectivity index (χ1n) is 8.05. The third-order valence-corrected chi connectivity index (χ3v) is 4.25. The molecule has 0 fully saturated rings. The van der Waals surface area contributed by atoms with Crippen LogP contribution in [0.4, 0.5) is 0 Å². The lowest BCUT2D eigenvalue weighted by Gasteiger charge is -2.19. The second kappa shape index (κ2) is 7.68. The van der Waals surface area contributed by atoms with Crippen molar-refractivity contribution in [3.63, 3.8) is 0 Å². The van der Waals surface area contributed by atoms with Crippen LogP contribution in [-0.4, -0.2) is 24.2 Å². The summed E-state index contributed by atoms with van der Waals surface area (Å²) in [6, 6.07) is 16.5. The van der Waals surface area contributed by atoms with Crippen molar-refractivity contribution < 1.29 is 9.47 Å². The van der Waals surface area contributed by atoms with Gasteiger partial charge < -0.3 is 14.5 Å². The summed E-state index contributed by atoms with van der Waals surface area (Å²) in [5.41, 5.74) is 3.62. The lowest BCUT2D eigenvalue weighted by atomic mass is 9.87. The fraction of sp³-hybridized carbons (Fsp3) is 0.250. The van der Waals surface area contributed by atoms with E-state index in [1.165, 1.54) is 11.1 Å². The number of nitrogens with one attached hydrogen (secondary N) is 1. The zero-order chi connectivity index (χ0) is 16.8. The Morgan fingerprint density at radius 3 is 2.08 bits per heavy atom. The molecule has 3 aromatic rings. The van der Waals surface area contributed by atoms with Crippen LogP contribution in [0.1, 0.15) is 29.2 Å². The van der Waals surface area contributed by atoms with Crippen LogP contribution in [0.15, 0.2) is 61.1 Å². The highest BCUT2D eigenvalue weighted by atomic mass is 16.5. The van der Waals surface area contributed by atoms with Gasteiger partial charge in [-0.2, -0.15) is 0 Å². The first kappa shape index (κ1) is 16.1. The monoisotopic (exact) mass is 322 g/mol. The molecule has 24 heavy (non-hydrogen) atoms. The van der Waals surface area contributed by atoms with Crippen LogP contribution in [-0.2, 0) is 6.42 Å². The largest absolute Gasteiger partial charge is 0.497 e. The SMILES string of the molecule is COc1cccc(C(CCc2cnc[nH]2)c2cccc(OC)c2)c1.